The van der Waals surface area contributed by atoms with E-state index >= 15 is 0 Å². The molecule has 2 fully saturated rings. The zero-order valence-electron chi connectivity index (χ0n) is 10.4. The van der Waals surface area contributed by atoms with E-state index in [1.165, 1.54) is 6.07 Å². The third-order valence-electron chi connectivity index (χ3n) is 3.87. The van der Waals surface area contributed by atoms with Crippen LogP contribution in [0.5, 0.6) is 0 Å². The Balaban J connectivity index is 1.87. The van der Waals surface area contributed by atoms with E-state index in [4.69, 9.17) is 0 Å². The number of halogens is 2. The molecule has 106 valence electrons. The normalized spacial score (nSPS) is 23.9. The van der Waals surface area contributed by atoms with Crippen molar-refractivity contribution in [2.75, 3.05) is 11.5 Å². The summed E-state index contributed by atoms with van der Waals surface area (Å²) >= 11 is 0. The molecule has 0 spiro atoms. The quantitative estimate of drug-likeness (QED) is 0.859. The summed E-state index contributed by atoms with van der Waals surface area (Å²) in [6.45, 7) is 0. The molecular weight excluding hydrogens is 274 g/mol. The van der Waals surface area contributed by atoms with E-state index in [0.29, 0.717) is 18.8 Å². The zero-order valence-corrected chi connectivity index (χ0v) is 11.2. The standard InChI is InChI=1S/C12H16F2N2O2S/c13-12(14)10-7-11(8-1-2-8)16(15-10)9-3-5-19(17,18)6-4-9/h7-9,12H,1-6H2. The molecule has 0 amide bonds. The second-order valence-electron chi connectivity index (χ2n) is 5.40. The number of hydrogen-bond acceptors (Lipinski definition) is 3. The molecule has 4 nitrogen and oxygen atoms in total. The average Bonchev–Trinajstić information content (AvgIpc) is 3.08. The summed E-state index contributed by atoms with van der Waals surface area (Å²) in [5.41, 5.74) is 0.676. The van der Waals surface area contributed by atoms with Crippen LogP contribution in [0, 0.1) is 0 Å². The van der Waals surface area contributed by atoms with Crippen LogP contribution in [0.15, 0.2) is 6.07 Å². The largest absolute Gasteiger partial charge is 0.282 e. The van der Waals surface area contributed by atoms with Gasteiger partial charge in [-0.1, -0.05) is 0 Å². The first-order valence-electron chi connectivity index (χ1n) is 6.54. The Morgan fingerprint density at radius 2 is 1.84 bits per heavy atom. The van der Waals surface area contributed by atoms with E-state index in [2.05, 4.69) is 5.10 Å². The maximum Gasteiger partial charge on any atom is 0.282 e. The van der Waals surface area contributed by atoms with Gasteiger partial charge in [-0.15, -0.1) is 0 Å². The molecule has 1 saturated heterocycles. The number of rotatable bonds is 3. The fraction of sp³-hybridized carbons (Fsp3) is 0.750. The Morgan fingerprint density at radius 3 is 2.37 bits per heavy atom. The predicted molar refractivity (Wildman–Crippen MR) is 66.1 cm³/mol. The van der Waals surface area contributed by atoms with E-state index < -0.39 is 16.3 Å². The Morgan fingerprint density at radius 1 is 1.21 bits per heavy atom. The highest BCUT2D eigenvalue weighted by Crippen LogP contribution is 2.43. The van der Waals surface area contributed by atoms with Crippen LogP contribution in [0.3, 0.4) is 0 Å². The molecule has 1 aromatic rings. The summed E-state index contributed by atoms with van der Waals surface area (Å²) in [6, 6.07) is 1.44. The number of alkyl halides is 2. The summed E-state index contributed by atoms with van der Waals surface area (Å²) in [4.78, 5) is 0. The van der Waals surface area contributed by atoms with Crippen molar-refractivity contribution in [1.29, 1.82) is 0 Å². The molecule has 0 N–H and O–H groups in total. The van der Waals surface area contributed by atoms with E-state index in [-0.39, 0.29) is 23.2 Å². The molecule has 0 radical (unpaired) electrons. The minimum atomic E-state index is -2.94. The Bertz CT molecular complexity index is 565. The zero-order chi connectivity index (χ0) is 13.6. The van der Waals surface area contributed by atoms with Crippen LogP contribution in [-0.2, 0) is 9.84 Å². The van der Waals surface area contributed by atoms with E-state index in [9.17, 15) is 17.2 Å². The molecule has 0 aromatic carbocycles. The molecule has 1 aromatic heterocycles. The van der Waals surface area contributed by atoms with Crippen molar-refractivity contribution in [3.05, 3.63) is 17.5 Å². The van der Waals surface area contributed by atoms with E-state index in [1.807, 2.05) is 0 Å². The maximum absolute atomic E-state index is 12.8. The number of sulfone groups is 1. The molecule has 2 heterocycles. The molecule has 0 bridgehead atoms. The maximum atomic E-state index is 12.8. The van der Waals surface area contributed by atoms with Crippen molar-refractivity contribution in [2.24, 2.45) is 0 Å². The van der Waals surface area contributed by atoms with Crippen LogP contribution >= 0.6 is 0 Å². The smallest absolute Gasteiger partial charge is 0.266 e. The van der Waals surface area contributed by atoms with Gasteiger partial charge in [0.05, 0.1) is 17.5 Å². The first-order chi connectivity index (χ1) is 8.96. The van der Waals surface area contributed by atoms with Gasteiger partial charge in [0, 0.05) is 11.6 Å². The van der Waals surface area contributed by atoms with Gasteiger partial charge in [0.15, 0.2) is 0 Å². The van der Waals surface area contributed by atoms with Gasteiger partial charge in [0.2, 0.25) is 0 Å². The van der Waals surface area contributed by atoms with Gasteiger partial charge in [-0.05, 0) is 31.7 Å². The number of nitrogens with zero attached hydrogens (tertiary/aromatic N) is 2. The van der Waals surface area contributed by atoms with Gasteiger partial charge in [0.1, 0.15) is 15.5 Å². The van der Waals surface area contributed by atoms with Crippen LogP contribution in [0.25, 0.3) is 0 Å². The Hall–Kier alpha value is -0.980. The molecule has 2 aliphatic rings. The van der Waals surface area contributed by atoms with Gasteiger partial charge in [-0.3, -0.25) is 4.68 Å². The summed E-state index contributed by atoms with van der Waals surface area (Å²) < 4.78 is 50.0. The van der Waals surface area contributed by atoms with Crippen LogP contribution < -0.4 is 0 Å². The van der Waals surface area contributed by atoms with Gasteiger partial charge in [-0.25, -0.2) is 17.2 Å². The highest BCUT2D eigenvalue weighted by atomic mass is 32.2. The molecular formula is C12H16F2N2O2S. The molecule has 1 aliphatic heterocycles. The molecule has 7 heteroatoms. The van der Waals surface area contributed by atoms with Gasteiger partial charge in [-0.2, -0.15) is 5.10 Å². The third-order valence-corrected chi connectivity index (χ3v) is 5.59. The highest BCUT2D eigenvalue weighted by Gasteiger charge is 2.33. The fourth-order valence-electron chi connectivity index (χ4n) is 2.63. The minimum absolute atomic E-state index is 0.0494. The van der Waals surface area contributed by atoms with Crippen molar-refractivity contribution >= 4 is 9.84 Å². The van der Waals surface area contributed by atoms with Crippen molar-refractivity contribution < 1.29 is 17.2 Å². The summed E-state index contributed by atoms with van der Waals surface area (Å²) in [6.07, 6.45) is 0.420. The van der Waals surface area contributed by atoms with Crippen molar-refractivity contribution in [1.82, 2.24) is 9.78 Å². The predicted octanol–water partition coefficient (Wildman–Crippen LogP) is 2.45. The number of aromatic nitrogens is 2. The van der Waals surface area contributed by atoms with Crippen molar-refractivity contribution in [2.45, 2.75) is 44.1 Å². The third kappa shape index (κ3) is 2.66. The molecule has 19 heavy (non-hydrogen) atoms. The second kappa shape index (κ2) is 4.54. The molecule has 0 unspecified atom stereocenters. The van der Waals surface area contributed by atoms with Crippen molar-refractivity contribution in [3.8, 4) is 0 Å². The SMILES string of the molecule is O=S1(=O)CCC(n2nc(C(F)F)cc2C2CC2)CC1. The topological polar surface area (TPSA) is 52.0 Å². The number of hydrogen-bond donors (Lipinski definition) is 0. The van der Waals surface area contributed by atoms with E-state index in [0.717, 1.165) is 18.5 Å². The first-order valence-corrected chi connectivity index (χ1v) is 8.36. The van der Waals surface area contributed by atoms with Crippen molar-refractivity contribution in [3.63, 3.8) is 0 Å². The first kappa shape index (κ1) is 13.0. The molecule has 0 atom stereocenters. The average molecular weight is 290 g/mol. The lowest BCUT2D eigenvalue weighted by molar-refractivity contribution is 0.144. The minimum Gasteiger partial charge on any atom is -0.266 e. The Kier molecular flexibility index (Phi) is 3.11. The fourth-order valence-corrected chi connectivity index (χ4v) is 4.10. The lowest BCUT2D eigenvalue weighted by Gasteiger charge is -2.24. The van der Waals surface area contributed by atoms with Crippen LogP contribution in [0.2, 0.25) is 0 Å². The van der Waals surface area contributed by atoms with Gasteiger partial charge in [0.25, 0.3) is 6.43 Å². The monoisotopic (exact) mass is 290 g/mol. The summed E-state index contributed by atoms with van der Waals surface area (Å²) in [5, 5.41) is 4.01. The van der Waals surface area contributed by atoms with Gasteiger partial charge < -0.3 is 0 Å². The summed E-state index contributed by atoms with van der Waals surface area (Å²) in [7, 11) is -2.94. The molecule has 1 aliphatic carbocycles. The lowest BCUT2D eigenvalue weighted by Crippen LogP contribution is -2.27. The highest BCUT2D eigenvalue weighted by molar-refractivity contribution is 7.91. The van der Waals surface area contributed by atoms with E-state index in [1.54, 1.807) is 4.68 Å². The summed E-state index contributed by atoms with van der Waals surface area (Å²) in [5.74, 6) is 0.593. The Labute approximate surface area is 110 Å². The van der Waals surface area contributed by atoms with Crippen LogP contribution in [-0.4, -0.2) is 29.7 Å². The lowest BCUT2D eigenvalue weighted by atomic mass is 10.1. The van der Waals surface area contributed by atoms with Crippen LogP contribution in [0.1, 0.15) is 55.5 Å². The molecule has 1 saturated carbocycles. The molecule has 3 rings (SSSR count). The van der Waals surface area contributed by atoms with Gasteiger partial charge >= 0.3 is 0 Å². The van der Waals surface area contributed by atoms with Crippen LogP contribution in [0.4, 0.5) is 8.78 Å². The second-order valence-corrected chi connectivity index (χ2v) is 7.70.